The van der Waals surface area contributed by atoms with Gasteiger partial charge in [0.05, 0.1) is 0 Å². The second-order valence-electron chi connectivity index (χ2n) is 6.01. The second-order valence-corrected chi connectivity index (χ2v) is 6.01. The van der Waals surface area contributed by atoms with E-state index in [-0.39, 0.29) is 13.1 Å². The molecule has 0 aliphatic carbocycles. The lowest BCUT2D eigenvalue weighted by atomic mass is 10.0. The number of aromatic nitrogens is 2. The maximum absolute atomic E-state index is 12.3. The number of carbonyl (C=O) groups excluding carboxylic acids is 1. The van der Waals surface area contributed by atoms with Crippen molar-refractivity contribution < 1.29 is 24.5 Å². The summed E-state index contributed by atoms with van der Waals surface area (Å²) in [6, 6.07) is 6.87. The number of alkyl halides is 3. The van der Waals surface area contributed by atoms with E-state index < -0.39 is 24.7 Å². The highest BCUT2D eigenvalue weighted by molar-refractivity contribution is 5.84. The van der Waals surface area contributed by atoms with E-state index in [4.69, 9.17) is 0 Å². The Bertz CT molecular complexity index is 755. The van der Waals surface area contributed by atoms with Crippen LogP contribution < -0.4 is 10.6 Å². The molecule has 0 bridgehead atoms. The minimum atomic E-state index is -4.47. The van der Waals surface area contributed by atoms with Gasteiger partial charge in [-0.1, -0.05) is 13.8 Å². The van der Waals surface area contributed by atoms with Gasteiger partial charge in [0.1, 0.15) is 24.2 Å². The SMILES string of the molecule is CC(C)[C@@H](Nc1ccnc(-c2ccc(O)cc2)n1)C(=O)NCC(F)(F)F.[HH]. The molecule has 1 aromatic heterocycles. The third-order valence-corrected chi connectivity index (χ3v) is 3.50. The first-order valence-corrected chi connectivity index (χ1v) is 7.89. The zero-order valence-corrected chi connectivity index (χ0v) is 14.2. The van der Waals surface area contributed by atoms with Crippen molar-refractivity contribution in [3.63, 3.8) is 0 Å². The van der Waals surface area contributed by atoms with Crippen LogP contribution >= 0.6 is 0 Å². The quantitative estimate of drug-likeness (QED) is 0.727. The highest BCUT2D eigenvalue weighted by Crippen LogP contribution is 2.20. The zero-order valence-electron chi connectivity index (χ0n) is 14.2. The van der Waals surface area contributed by atoms with Crippen molar-refractivity contribution in [2.75, 3.05) is 11.9 Å². The Morgan fingerprint density at radius 2 is 1.88 bits per heavy atom. The van der Waals surface area contributed by atoms with Crippen LogP contribution in [0.15, 0.2) is 36.5 Å². The standard InChI is InChI=1S/C17H19F3N4O2.H2/c1-10(2)14(16(26)22-9-17(18,19)20)23-13-7-8-21-15(24-13)11-3-5-12(25)6-4-11;/h3-8,10,14,25H,9H2,1-2H3,(H,22,26)(H,21,23,24);1H/t14-;/m1./s1. The van der Waals surface area contributed by atoms with Crippen molar-refractivity contribution in [2.45, 2.75) is 26.1 Å². The molecule has 1 aromatic carbocycles. The van der Waals surface area contributed by atoms with Gasteiger partial charge in [0.25, 0.3) is 0 Å². The van der Waals surface area contributed by atoms with Crippen LogP contribution in [0.1, 0.15) is 15.3 Å². The summed E-state index contributed by atoms with van der Waals surface area (Å²) in [4.78, 5) is 20.5. The van der Waals surface area contributed by atoms with Crippen molar-refractivity contribution in [3.8, 4) is 17.1 Å². The van der Waals surface area contributed by atoms with Crippen molar-refractivity contribution in [3.05, 3.63) is 36.5 Å². The van der Waals surface area contributed by atoms with Gasteiger partial charge in [-0.05, 0) is 36.2 Å². The van der Waals surface area contributed by atoms with Gasteiger partial charge in [-0.25, -0.2) is 9.97 Å². The molecule has 1 amide bonds. The Labute approximate surface area is 150 Å². The number of halogens is 3. The van der Waals surface area contributed by atoms with E-state index in [9.17, 15) is 23.1 Å². The number of phenols is 1. The molecule has 0 aliphatic heterocycles. The third kappa shape index (κ3) is 5.61. The second kappa shape index (κ2) is 8.03. The van der Waals surface area contributed by atoms with Crippen molar-refractivity contribution in [2.24, 2.45) is 5.92 Å². The number of hydrogen-bond donors (Lipinski definition) is 3. The van der Waals surface area contributed by atoms with E-state index in [2.05, 4.69) is 15.3 Å². The summed E-state index contributed by atoms with van der Waals surface area (Å²) in [6.07, 6.45) is -3.00. The smallest absolute Gasteiger partial charge is 0.405 e. The molecule has 0 saturated carbocycles. The van der Waals surface area contributed by atoms with Crippen LogP contribution in [-0.2, 0) is 4.79 Å². The molecule has 1 heterocycles. The fourth-order valence-corrected chi connectivity index (χ4v) is 2.18. The monoisotopic (exact) mass is 370 g/mol. The molecule has 6 nitrogen and oxygen atoms in total. The van der Waals surface area contributed by atoms with Gasteiger partial charge in [0.2, 0.25) is 5.91 Å². The molecule has 0 spiro atoms. The number of rotatable bonds is 6. The normalized spacial score (nSPS) is 12.7. The van der Waals surface area contributed by atoms with E-state index in [1.807, 2.05) is 5.32 Å². The molecule has 2 rings (SSSR count). The lowest BCUT2D eigenvalue weighted by Gasteiger charge is -2.22. The Hall–Kier alpha value is -2.84. The van der Waals surface area contributed by atoms with Crippen molar-refractivity contribution in [1.82, 2.24) is 15.3 Å². The number of phenolic OH excluding ortho intramolecular Hbond substituents is 1. The van der Waals surface area contributed by atoms with E-state index in [0.29, 0.717) is 17.2 Å². The van der Waals surface area contributed by atoms with Crippen LogP contribution in [-0.4, -0.2) is 39.7 Å². The molecular formula is C17H21F3N4O2. The molecule has 0 unspecified atom stereocenters. The van der Waals surface area contributed by atoms with Crippen LogP contribution in [0.4, 0.5) is 19.0 Å². The summed E-state index contributed by atoms with van der Waals surface area (Å²) in [6.45, 7) is 2.04. The highest BCUT2D eigenvalue weighted by Gasteiger charge is 2.30. The first-order valence-electron chi connectivity index (χ1n) is 7.89. The maximum atomic E-state index is 12.3. The summed E-state index contributed by atoms with van der Waals surface area (Å²) in [7, 11) is 0. The van der Waals surface area contributed by atoms with Gasteiger partial charge in [-0.3, -0.25) is 4.79 Å². The van der Waals surface area contributed by atoms with Gasteiger partial charge in [-0.15, -0.1) is 0 Å². The van der Waals surface area contributed by atoms with E-state index in [1.54, 1.807) is 26.0 Å². The van der Waals surface area contributed by atoms with Gasteiger partial charge >= 0.3 is 6.18 Å². The highest BCUT2D eigenvalue weighted by atomic mass is 19.4. The topological polar surface area (TPSA) is 87.1 Å². The minimum Gasteiger partial charge on any atom is -0.508 e. The molecule has 0 aliphatic rings. The van der Waals surface area contributed by atoms with Gasteiger partial charge in [-0.2, -0.15) is 13.2 Å². The number of benzene rings is 1. The van der Waals surface area contributed by atoms with Crippen LogP contribution in [0.3, 0.4) is 0 Å². The Morgan fingerprint density at radius 3 is 2.46 bits per heavy atom. The molecule has 0 radical (unpaired) electrons. The number of carbonyl (C=O) groups is 1. The average molecular weight is 370 g/mol. The number of nitrogens with one attached hydrogen (secondary N) is 2. The zero-order chi connectivity index (χ0) is 19.3. The molecule has 26 heavy (non-hydrogen) atoms. The lowest BCUT2D eigenvalue weighted by Crippen LogP contribution is -2.46. The molecule has 9 heteroatoms. The first-order chi connectivity index (χ1) is 12.2. The van der Waals surface area contributed by atoms with Gasteiger partial charge in [0, 0.05) is 13.2 Å². The lowest BCUT2D eigenvalue weighted by molar-refractivity contribution is -0.139. The fraction of sp³-hybridized carbons (Fsp3) is 0.353. The number of aromatic hydroxyl groups is 1. The molecule has 1 atom stereocenters. The van der Waals surface area contributed by atoms with Crippen molar-refractivity contribution >= 4 is 11.7 Å². The number of amides is 1. The van der Waals surface area contributed by atoms with Gasteiger partial charge < -0.3 is 15.7 Å². The minimum absolute atomic E-state index is 0. The summed E-state index contributed by atoms with van der Waals surface area (Å²) in [5.74, 6) is -0.265. The van der Waals surface area contributed by atoms with Crippen molar-refractivity contribution in [1.29, 1.82) is 0 Å². The maximum Gasteiger partial charge on any atom is 0.405 e. The molecular weight excluding hydrogens is 349 g/mol. The number of hydrogen-bond acceptors (Lipinski definition) is 5. The number of anilines is 1. The fourth-order valence-electron chi connectivity index (χ4n) is 2.18. The number of nitrogens with zero attached hydrogens (tertiary/aromatic N) is 2. The predicted molar refractivity (Wildman–Crippen MR) is 92.6 cm³/mol. The van der Waals surface area contributed by atoms with Crippen LogP contribution in [0.25, 0.3) is 11.4 Å². The summed E-state index contributed by atoms with van der Waals surface area (Å²) >= 11 is 0. The van der Waals surface area contributed by atoms with Gasteiger partial charge in [0.15, 0.2) is 5.82 Å². The Kier molecular flexibility index (Phi) is 6.01. The van der Waals surface area contributed by atoms with E-state index >= 15 is 0 Å². The largest absolute Gasteiger partial charge is 0.508 e. The molecule has 3 N–H and O–H groups in total. The Morgan fingerprint density at radius 1 is 1.23 bits per heavy atom. The van der Waals surface area contributed by atoms with Crippen LogP contribution in [0.5, 0.6) is 5.75 Å². The average Bonchev–Trinajstić information content (AvgIpc) is 2.57. The Balaban J connectivity index is 0.00000364. The first kappa shape index (κ1) is 19.5. The summed E-state index contributed by atoms with van der Waals surface area (Å²) < 4.78 is 36.9. The van der Waals surface area contributed by atoms with E-state index in [1.165, 1.54) is 24.4 Å². The summed E-state index contributed by atoms with van der Waals surface area (Å²) in [5.41, 5.74) is 0.647. The predicted octanol–water partition coefficient (Wildman–Crippen LogP) is 3.21. The third-order valence-electron chi connectivity index (χ3n) is 3.50. The molecule has 0 fully saturated rings. The van der Waals surface area contributed by atoms with Crippen LogP contribution in [0.2, 0.25) is 0 Å². The van der Waals surface area contributed by atoms with Crippen LogP contribution in [0, 0.1) is 5.92 Å². The molecule has 142 valence electrons. The molecule has 2 aromatic rings. The molecule has 0 saturated heterocycles. The summed E-state index contributed by atoms with van der Waals surface area (Å²) in [5, 5.41) is 14.1. The van der Waals surface area contributed by atoms with E-state index in [0.717, 1.165) is 0 Å².